The van der Waals surface area contributed by atoms with E-state index in [0.29, 0.717) is 22.7 Å². The maximum atomic E-state index is 10.1. The molecule has 2 rings (SSSR count). The normalized spacial score (nSPS) is 23.8. The average molecular weight is 315 g/mol. The SMILES string of the molecule is CCC(C)Cc1ccc2c(c1)OC(O)(CBr)CO2. The molecule has 1 aliphatic heterocycles. The van der Waals surface area contributed by atoms with Gasteiger partial charge in [-0.05, 0) is 30.0 Å². The van der Waals surface area contributed by atoms with Crippen LogP contribution in [0.5, 0.6) is 11.5 Å². The number of aliphatic hydroxyl groups is 1. The van der Waals surface area contributed by atoms with Crippen LogP contribution in [-0.2, 0) is 6.42 Å². The molecule has 0 radical (unpaired) electrons. The maximum absolute atomic E-state index is 10.1. The number of hydrogen-bond donors (Lipinski definition) is 1. The molecule has 3 nitrogen and oxygen atoms in total. The van der Waals surface area contributed by atoms with Crippen molar-refractivity contribution in [2.75, 3.05) is 11.9 Å². The lowest BCUT2D eigenvalue weighted by molar-refractivity contribution is -0.154. The largest absolute Gasteiger partial charge is 0.483 e. The minimum absolute atomic E-state index is 0.149. The molecule has 1 aromatic rings. The van der Waals surface area contributed by atoms with Crippen LogP contribution in [0.4, 0.5) is 0 Å². The molecule has 0 aliphatic carbocycles. The van der Waals surface area contributed by atoms with Crippen molar-refractivity contribution in [2.45, 2.75) is 32.5 Å². The van der Waals surface area contributed by atoms with Gasteiger partial charge in [0, 0.05) is 0 Å². The van der Waals surface area contributed by atoms with Gasteiger partial charge in [-0.2, -0.15) is 0 Å². The van der Waals surface area contributed by atoms with E-state index in [1.807, 2.05) is 12.1 Å². The summed E-state index contributed by atoms with van der Waals surface area (Å²) in [6, 6.07) is 5.95. The number of benzene rings is 1. The van der Waals surface area contributed by atoms with E-state index < -0.39 is 5.79 Å². The van der Waals surface area contributed by atoms with Crippen molar-refractivity contribution in [2.24, 2.45) is 5.92 Å². The van der Waals surface area contributed by atoms with Crippen molar-refractivity contribution in [3.63, 3.8) is 0 Å². The summed E-state index contributed by atoms with van der Waals surface area (Å²) in [5, 5.41) is 10.4. The summed E-state index contributed by atoms with van der Waals surface area (Å²) in [6.45, 7) is 4.56. The third-order valence-electron chi connectivity index (χ3n) is 3.25. The van der Waals surface area contributed by atoms with Crippen LogP contribution >= 0.6 is 15.9 Å². The van der Waals surface area contributed by atoms with Gasteiger partial charge in [0.25, 0.3) is 5.79 Å². The van der Waals surface area contributed by atoms with E-state index in [0.717, 1.165) is 12.8 Å². The van der Waals surface area contributed by atoms with Gasteiger partial charge in [0.15, 0.2) is 18.1 Å². The molecule has 100 valence electrons. The lowest BCUT2D eigenvalue weighted by Gasteiger charge is -2.32. The Morgan fingerprint density at radius 2 is 2.22 bits per heavy atom. The molecule has 0 aromatic heterocycles. The van der Waals surface area contributed by atoms with Gasteiger partial charge in [-0.15, -0.1) is 0 Å². The van der Waals surface area contributed by atoms with Crippen LogP contribution in [0, 0.1) is 5.92 Å². The van der Waals surface area contributed by atoms with Gasteiger partial charge in [0.05, 0.1) is 5.33 Å². The third kappa shape index (κ3) is 2.98. The quantitative estimate of drug-likeness (QED) is 0.868. The maximum Gasteiger partial charge on any atom is 0.252 e. The molecule has 1 heterocycles. The minimum atomic E-state index is -1.26. The molecule has 4 heteroatoms. The van der Waals surface area contributed by atoms with Gasteiger partial charge in [-0.25, -0.2) is 0 Å². The highest BCUT2D eigenvalue weighted by atomic mass is 79.9. The lowest BCUT2D eigenvalue weighted by Crippen LogP contribution is -2.46. The number of hydrogen-bond acceptors (Lipinski definition) is 3. The zero-order valence-corrected chi connectivity index (χ0v) is 12.4. The highest BCUT2D eigenvalue weighted by molar-refractivity contribution is 9.09. The minimum Gasteiger partial charge on any atom is -0.483 e. The molecule has 2 atom stereocenters. The number of alkyl halides is 1. The van der Waals surface area contributed by atoms with Crippen LogP contribution in [0.15, 0.2) is 18.2 Å². The van der Waals surface area contributed by atoms with Crippen LogP contribution in [-0.4, -0.2) is 22.8 Å². The molecule has 0 saturated heterocycles. The van der Waals surface area contributed by atoms with E-state index >= 15 is 0 Å². The Morgan fingerprint density at radius 1 is 1.44 bits per heavy atom. The second kappa shape index (κ2) is 5.49. The zero-order chi connectivity index (χ0) is 13.2. The first-order valence-corrected chi connectivity index (χ1v) is 7.41. The molecule has 0 bridgehead atoms. The zero-order valence-electron chi connectivity index (χ0n) is 10.8. The predicted molar refractivity (Wildman–Crippen MR) is 74.5 cm³/mol. The van der Waals surface area contributed by atoms with Crippen molar-refractivity contribution in [1.29, 1.82) is 0 Å². The van der Waals surface area contributed by atoms with Gasteiger partial charge < -0.3 is 14.6 Å². The summed E-state index contributed by atoms with van der Waals surface area (Å²) in [7, 11) is 0. The van der Waals surface area contributed by atoms with Gasteiger partial charge >= 0.3 is 0 Å². The summed E-state index contributed by atoms with van der Waals surface area (Å²) in [6.07, 6.45) is 2.17. The molecular weight excluding hydrogens is 296 g/mol. The van der Waals surface area contributed by atoms with Crippen LogP contribution in [0.2, 0.25) is 0 Å². The molecule has 2 unspecified atom stereocenters. The van der Waals surface area contributed by atoms with Crippen LogP contribution in [0.3, 0.4) is 0 Å². The Balaban J connectivity index is 2.18. The fourth-order valence-electron chi connectivity index (χ4n) is 1.92. The lowest BCUT2D eigenvalue weighted by atomic mass is 9.98. The fraction of sp³-hybridized carbons (Fsp3) is 0.571. The molecule has 0 amide bonds. The first-order valence-electron chi connectivity index (χ1n) is 6.29. The van der Waals surface area contributed by atoms with E-state index in [1.165, 1.54) is 5.56 Å². The van der Waals surface area contributed by atoms with Crippen LogP contribution in [0.25, 0.3) is 0 Å². The number of halogens is 1. The van der Waals surface area contributed by atoms with Crippen molar-refractivity contribution in [3.05, 3.63) is 23.8 Å². The predicted octanol–water partition coefficient (Wildman–Crippen LogP) is 3.13. The van der Waals surface area contributed by atoms with E-state index in [-0.39, 0.29) is 6.61 Å². The highest BCUT2D eigenvalue weighted by Gasteiger charge is 2.34. The van der Waals surface area contributed by atoms with E-state index in [4.69, 9.17) is 9.47 Å². The molecule has 18 heavy (non-hydrogen) atoms. The van der Waals surface area contributed by atoms with Crippen LogP contribution < -0.4 is 9.47 Å². The molecule has 1 aromatic carbocycles. The van der Waals surface area contributed by atoms with Gasteiger partial charge in [-0.3, -0.25) is 0 Å². The average Bonchev–Trinajstić information content (AvgIpc) is 2.38. The van der Waals surface area contributed by atoms with Crippen molar-refractivity contribution < 1.29 is 14.6 Å². The van der Waals surface area contributed by atoms with Gasteiger partial charge in [0.2, 0.25) is 0 Å². The second-order valence-corrected chi connectivity index (χ2v) is 5.53. The molecule has 0 fully saturated rings. The van der Waals surface area contributed by atoms with E-state index in [2.05, 4.69) is 35.8 Å². The monoisotopic (exact) mass is 314 g/mol. The second-order valence-electron chi connectivity index (χ2n) is 4.97. The summed E-state index contributed by atoms with van der Waals surface area (Å²) < 4.78 is 11.1. The first kappa shape index (κ1) is 13.7. The summed E-state index contributed by atoms with van der Waals surface area (Å²) >= 11 is 3.23. The summed E-state index contributed by atoms with van der Waals surface area (Å²) in [5.41, 5.74) is 1.21. The Hall–Kier alpha value is -0.740. The highest BCUT2D eigenvalue weighted by Crippen LogP contribution is 2.36. The molecule has 0 saturated carbocycles. The Kier molecular flexibility index (Phi) is 4.17. The molecule has 1 N–H and O–H groups in total. The fourth-order valence-corrected chi connectivity index (χ4v) is 2.19. The molecule has 0 spiro atoms. The van der Waals surface area contributed by atoms with Crippen molar-refractivity contribution in [3.8, 4) is 11.5 Å². The number of fused-ring (bicyclic) bond motifs is 1. The third-order valence-corrected chi connectivity index (χ3v) is 4.13. The smallest absolute Gasteiger partial charge is 0.252 e. The summed E-state index contributed by atoms with van der Waals surface area (Å²) in [4.78, 5) is 0. The molecular formula is C14H19BrO3. The Morgan fingerprint density at radius 3 is 2.89 bits per heavy atom. The standard InChI is InChI=1S/C14H19BrO3/c1-3-10(2)6-11-4-5-12-13(7-11)18-14(16,8-15)9-17-12/h4-5,7,10,16H,3,6,8-9H2,1-2H3. The van der Waals surface area contributed by atoms with Crippen molar-refractivity contribution >= 4 is 15.9 Å². The Bertz CT molecular complexity index is 422. The van der Waals surface area contributed by atoms with Gasteiger partial charge in [-0.1, -0.05) is 42.3 Å². The van der Waals surface area contributed by atoms with Gasteiger partial charge in [0.1, 0.15) is 0 Å². The molecule has 1 aliphatic rings. The van der Waals surface area contributed by atoms with Crippen molar-refractivity contribution in [1.82, 2.24) is 0 Å². The summed E-state index contributed by atoms with van der Waals surface area (Å²) in [5.74, 6) is 0.710. The van der Waals surface area contributed by atoms with E-state index in [1.54, 1.807) is 0 Å². The number of ether oxygens (including phenoxy) is 2. The Labute approximate surface area is 116 Å². The number of rotatable bonds is 4. The van der Waals surface area contributed by atoms with Crippen LogP contribution in [0.1, 0.15) is 25.8 Å². The first-order chi connectivity index (χ1) is 8.56. The topological polar surface area (TPSA) is 38.7 Å². The van der Waals surface area contributed by atoms with E-state index in [9.17, 15) is 5.11 Å².